The van der Waals surface area contributed by atoms with Gasteiger partial charge in [0.1, 0.15) is 11.6 Å². The third kappa shape index (κ3) is 5.20. The molecule has 3 nitrogen and oxygen atoms in total. The summed E-state index contributed by atoms with van der Waals surface area (Å²) in [4.78, 5) is 4.20. The van der Waals surface area contributed by atoms with Crippen LogP contribution < -0.4 is 10.1 Å². The van der Waals surface area contributed by atoms with Crippen LogP contribution in [0.3, 0.4) is 0 Å². The summed E-state index contributed by atoms with van der Waals surface area (Å²) in [6.07, 6.45) is 6.75. The number of hydrogen-bond acceptors (Lipinski definition) is 3. The van der Waals surface area contributed by atoms with Crippen molar-refractivity contribution in [3.63, 3.8) is 0 Å². The molecule has 1 aromatic rings. The highest BCUT2D eigenvalue weighted by atomic mass is 35.5. The Labute approximate surface area is 108 Å². The molecule has 0 spiro atoms. The Hall–Kier alpha value is -1.06. The zero-order valence-corrected chi connectivity index (χ0v) is 11.1. The topological polar surface area (TPSA) is 34.1 Å². The molecular weight excluding hydrogens is 236 g/mol. The Morgan fingerprint density at radius 2 is 2.35 bits per heavy atom. The van der Waals surface area contributed by atoms with Crippen molar-refractivity contribution in [3.8, 4) is 5.88 Å². The first-order valence-corrected chi connectivity index (χ1v) is 6.24. The minimum atomic E-state index is 0.490. The lowest BCUT2D eigenvalue weighted by Gasteiger charge is -2.07. The normalized spacial score (nSPS) is 11.0. The lowest BCUT2D eigenvalue weighted by molar-refractivity contribution is 0.348. The second kappa shape index (κ2) is 8.09. The Morgan fingerprint density at radius 3 is 3.00 bits per heavy atom. The summed E-state index contributed by atoms with van der Waals surface area (Å²) in [5.41, 5.74) is 1.07. The maximum atomic E-state index is 6.08. The molecule has 0 saturated heterocycles. The SMILES string of the molecule is C/C=C/COc1ncc(CNCCC)cc1Cl. The zero-order valence-electron chi connectivity index (χ0n) is 10.4. The van der Waals surface area contributed by atoms with Gasteiger partial charge in [0, 0.05) is 12.7 Å². The van der Waals surface area contributed by atoms with E-state index in [-0.39, 0.29) is 0 Å². The summed E-state index contributed by atoms with van der Waals surface area (Å²) in [7, 11) is 0. The van der Waals surface area contributed by atoms with Crippen LogP contribution in [0.4, 0.5) is 0 Å². The molecule has 0 atom stereocenters. The molecule has 4 heteroatoms. The van der Waals surface area contributed by atoms with Gasteiger partial charge in [-0.1, -0.05) is 30.7 Å². The van der Waals surface area contributed by atoms with E-state index >= 15 is 0 Å². The summed E-state index contributed by atoms with van der Waals surface area (Å²) < 4.78 is 5.41. The smallest absolute Gasteiger partial charge is 0.232 e. The summed E-state index contributed by atoms with van der Waals surface area (Å²) in [6, 6.07) is 1.89. The number of nitrogens with one attached hydrogen (secondary N) is 1. The Kier molecular flexibility index (Phi) is 6.67. The van der Waals surface area contributed by atoms with Gasteiger partial charge in [0.05, 0.1) is 0 Å². The summed E-state index contributed by atoms with van der Waals surface area (Å²) in [5, 5.41) is 3.86. The summed E-state index contributed by atoms with van der Waals surface area (Å²) in [5.74, 6) is 0.490. The van der Waals surface area contributed by atoms with E-state index in [2.05, 4.69) is 17.2 Å². The van der Waals surface area contributed by atoms with E-state index in [1.54, 1.807) is 6.20 Å². The van der Waals surface area contributed by atoms with Crippen LogP contribution in [-0.4, -0.2) is 18.1 Å². The van der Waals surface area contributed by atoms with Crippen molar-refractivity contribution in [1.82, 2.24) is 10.3 Å². The maximum absolute atomic E-state index is 6.08. The van der Waals surface area contributed by atoms with E-state index in [1.165, 1.54) is 0 Å². The number of aromatic nitrogens is 1. The molecule has 0 aliphatic carbocycles. The molecule has 0 aliphatic heterocycles. The molecule has 0 bridgehead atoms. The van der Waals surface area contributed by atoms with Gasteiger partial charge in [-0.3, -0.25) is 0 Å². The van der Waals surface area contributed by atoms with E-state index in [1.807, 2.05) is 25.1 Å². The highest BCUT2D eigenvalue weighted by molar-refractivity contribution is 6.31. The van der Waals surface area contributed by atoms with Crippen LogP contribution in [0, 0.1) is 0 Å². The summed E-state index contributed by atoms with van der Waals surface area (Å²) >= 11 is 6.08. The predicted octanol–water partition coefficient (Wildman–Crippen LogP) is 3.19. The van der Waals surface area contributed by atoms with Gasteiger partial charge in [0.25, 0.3) is 0 Å². The van der Waals surface area contributed by atoms with Crippen LogP contribution in [0.15, 0.2) is 24.4 Å². The molecule has 0 aliphatic rings. The van der Waals surface area contributed by atoms with Crippen LogP contribution in [0.2, 0.25) is 5.02 Å². The van der Waals surface area contributed by atoms with Gasteiger partial charge in [0.2, 0.25) is 5.88 Å². The molecule has 1 rings (SSSR count). The average Bonchev–Trinajstić information content (AvgIpc) is 2.32. The minimum Gasteiger partial charge on any atom is -0.472 e. The fraction of sp³-hybridized carbons (Fsp3) is 0.462. The van der Waals surface area contributed by atoms with E-state index < -0.39 is 0 Å². The van der Waals surface area contributed by atoms with Crippen LogP contribution in [0.1, 0.15) is 25.8 Å². The molecule has 1 aromatic heterocycles. The van der Waals surface area contributed by atoms with E-state index in [0.29, 0.717) is 17.5 Å². The van der Waals surface area contributed by atoms with Gasteiger partial charge >= 0.3 is 0 Å². The van der Waals surface area contributed by atoms with Crippen molar-refractivity contribution in [1.29, 1.82) is 0 Å². The second-order valence-corrected chi connectivity index (χ2v) is 4.09. The quantitative estimate of drug-likeness (QED) is 0.599. The first-order chi connectivity index (χ1) is 8.27. The number of pyridine rings is 1. The third-order valence-electron chi connectivity index (χ3n) is 2.17. The van der Waals surface area contributed by atoms with E-state index in [0.717, 1.165) is 25.1 Å². The predicted molar refractivity (Wildman–Crippen MR) is 71.6 cm³/mol. The first kappa shape index (κ1) is 14.0. The number of halogens is 1. The largest absolute Gasteiger partial charge is 0.472 e. The molecule has 0 fully saturated rings. The van der Waals surface area contributed by atoms with Gasteiger partial charge in [-0.25, -0.2) is 4.98 Å². The number of allylic oxidation sites excluding steroid dienone is 1. The molecule has 0 radical (unpaired) electrons. The molecule has 1 heterocycles. The summed E-state index contributed by atoms with van der Waals surface area (Å²) in [6.45, 7) is 6.36. The maximum Gasteiger partial charge on any atom is 0.232 e. The molecule has 94 valence electrons. The Bertz CT molecular complexity index is 366. The highest BCUT2D eigenvalue weighted by Crippen LogP contribution is 2.22. The first-order valence-electron chi connectivity index (χ1n) is 5.87. The van der Waals surface area contributed by atoms with E-state index in [4.69, 9.17) is 16.3 Å². The molecule has 0 unspecified atom stereocenters. The van der Waals surface area contributed by atoms with Crippen molar-refractivity contribution >= 4 is 11.6 Å². The molecule has 0 amide bonds. The fourth-order valence-electron chi connectivity index (χ4n) is 1.30. The van der Waals surface area contributed by atoms with Gasteiger partial charge in [-0.15, -0.1) is 0 Å². The Balaban J connectivity index is 2.53. The van der Waals surface area contributed by atoms with Crippen LogP contribution in [0.5, 0.6) is 5.88 Å². The third-order valence-corrected chi connectivity index (χ3v) is 2.44. The second-order valence-electron chi connectivity index (χ2n) is 3.69. The number of hydrogen-bond donors (Lipinski definition) is 1. The van der Waals surface area contributed by atoms with Gasteiger partial charge in [-0.05, 0) is 31.5 Å². The molecule has 0 saturated carbocycles. The fourth-order valence-corrected chi connectivity index (χ4v) is 1.54. The lowest BCUT2D eigenvalue weighted by Crippen LogP contribution is -2.14. The van der Waals surface area contributed by atoms with Crippen molar-refractivity contribution in [2.75, 3.05) is 13.2 Å². The highest BCUT2D eigenvalue weighted by Gasteiger charge is 2.03. The lowest BCUT2D eigenvalue weighted by atomic mass is 10.3. The van der Waals surface area contributed by atoms with Crippen molar-refractivity contribution in [2.45, 2.75) is 26.8 Å². The van der Waals surface area contributed by atoms with Crippen molar-refractivity contribution in [2.24, 2.45) is 0 Å². The van der Waals surface area contributed by atoms with Gasteiger partial charge in [0.15, 0.2) is 0 Å². The van der Waals surface area contributed by atoms with Crippen molar-refractivity contribution in [3.05, 3.63) is 35.0 Å². The number of ether oxygens (including phenoxy) is 1. The average molecular weight is 255 g/mol. The molecular formula is C13H19ClN2O. The van der Waals surface area contributed by atoms with Gasteiger partial charge in [-0.2, -0.15) is 0 Å². The van der Waals surface area contributed by atoms with Crippen molar-refractivity contribution < 1.29 is 4.74 Å². The number of rotatable bonds is 7. The van der Waals surface area contributed by atoms with Gasteiger partial charge < -0.3 is 10.1 Å². The van der Waals surface area contributed by atoms with Crippen LogP contribution >= 0.6 is 11.6 Å². The monoisotopic (exact) mass is 254 g/mol. The van der Waals surface area contributed by atoms with Crippen LogP contribution in [0.25, 0.3) is 0 Å². The molecule has 17 heavy (non-hydrogen) atoms. The minimum absolute atomic E-state index is 0.490. The zero-order chi connectivity index (χ0) is 12.5. The number of nitrogens with zero attached hydrogens (tertiary/aromatic N) is 1. The van der Waals surface area contributed by atoms with E-state index in [9.17, 15) is 0 Å². The molecule has 0 aromatic carbocycles. The Morgan fingerprint density at radius 1 is 1.53 bits per heavy atom. The standard InChI is InChI=1S/C13H19ClN2O/c1-3-5-7-17-13-12(14)8-11(10-16-13)9-15-6-4-2/h3,5,8,10,15H,4,6-7,9H2,1-2H3/b5-3+. The van der Waals surface area contributed by atoms with Crippen LogP contribution in [-0.2, 0) is 6.54 Å². The molecule has 1 N–H and O–H groups in total.